The molecule has 174 valence electrons. The lowest BCUT2D eigenvalue weighted by atomic mass is 10.2. The minimum absolute atomic E-state index is 0.0279. The molecule has 2 aromatic heterocycles. The highest BCUT2D eigenvalue weighted by Gasteiger charge is 2.41. The summed E-state index contributed by atoms with van der Waals surface area (Å²) in [4.78, 5) is 13.9. The van der Waals surface area contributed by atoms with Gasteiger partial charge in [0.1, 0.15) is 22.5 Å². The zero-order valence-electron chi connectivity index (χ0n) is 20.4. The number of hydrogen-bond donors (Lipinski definition) is 0. The summed E-state index contributed by atoms with van der Waals surface area (Å²) in [5, 5.41) is 9.73. The number of halogens is 1. The molecule has 0 aliphatic carbocycles. The van der Waals surface area contributed by atoms with E-state index < -0.39 is 20.0 Å². The summed E-state index contributed by atoms with van der Waals surface area (Å²) >= 11 is 7.86. The predicted molar refractivity (Wildman–Crippen MR) is 130 cm³/mol. The monoisotopic (exact) mass is 485 g/mol. The van der Waals surface area contributed by atoms with Crippen LogP contribution in [0.1, 0.15) is 76.2 Å². The van der Waals surface area contributed by atoms with Crippen LogP contribution >= 0.6 is 22.9 Å². The first-order valence-corrected chi connectivity index (χ1v) is 14.8. The van der Waals surface area contributed by atoms with Gasteiger partial charge < -0.3 is 9.16 Å². The number of hydrogen-bond acceptors (Lipinski definition) is 6. The van der Waals surface area contributed by atoms with Gasteiger partial charge in [-0.3, -0.25) is 9.36 Å². The minimum Gasteiger partial charge on any atom is -0.460 e. The third-order valence-corrected chi connectivity index (χ3v) is 11.3. The Morgan fingerprint density at radius 1 is 1.19 bits per heavy atom. The summed E-state index contributed by atoms with van der Waals surface area (Å²) in [7, 11) is -2.22. The molecule has 0 N–H and O–H groups in total. The van der Waals surface area contributed by atoms with E-state index >= 15 is 0 Å². The summed E-state index contributed by atoms with van der Waals surface area (Å²) in [6.07, 6.45) is -0.495. The number of carbonyl (C=O) groups excluding carboxylic acids is 1. The van der Waals surface area contributed by atoms with E-state index in [0.717, 1.165) is 21.3 Å². The lowest BCUT2D eigenvalue weighted by Gasteiger charge is -2.39. The fraction of sp³-hybridized carbons (Fsp3) is 0.682. The summed E-state index contributed by atoms with van der Waals surface area (Å²) < 4.78 is 14.3. The first kappa shape index (κ1) is 26.0. The van der Waals surface area contributed by atoms with E-state index in [1.807, 2.05) is 39.2 Å². The molecule has 0 aromatic carbocycles. The topological polar surface area (TPSA) is 66.2 Å². The largest absolute Gasteiger partial charge is 0.460 e. The number of carbonyl (C=O) groups is 1. The zero-order chi connectivity index (χ0) is 23.8. The van der Waals surface area contributed by atoms with Crippen LogP contribution in [0.4, 0.5) is 0 Å². The standard InChI is InChI=1S/C22H36ClN3O3SSi/c1-14-11-16(13-23)20(30-14)26-15(2)24-25-19(26)17(12-18(27)28-21(3,4)5)29-31(9,10)22(6,7)8/h11,17H,12-13H2,1-10H3/t17-/m0/s1. The number of alkyl halides is 1. The summed E-state index contributed by atoms with van der Waals surface area (Å²) in [6.45, 7) is 20.4. The molecular weight excluding hydrogens is 450 g/mol. The smallest absolute Gasteiger partial charge is 0.309 e. The Labute approximate surface area is 196 Å². The van der Waals surface area contributed by atoms with Crippen LogP contribution in [0.15, 0.2) is 6.07 Å². The van der Waals surface area contributed by atoms with E-state index in [1.54, 1.807) is 11.3 Å². The Kier molecular flexibility index (Phi) is 7.84. The van der Waals surface area contributed by atoms with Crippen molar-refractivity contribution in [2.45, 2.75) is 97.5 Å². The van der Waals surface area contributed by atoms with Crippen molar-refractivity contribution in [3.8, 4) is 5.00 Å². The molecule has 0 amide bonds. The highest BCUT2D eigenvalue weighted by molar-refractivity contribution is 7.14. The van der Waals surface area contributed by atoms with E-state index in [4.69, 9.17) is 20.8 Å². The Bertz CT molecular complexity index is 926. The van der Waals surface area contributed by atoms with Crippen LogP contribution in [0, 0.1) is 13.8 Å². The maximum absolute atomic E-state index is 12.8. The molecule has 31 heavy (non-hydrogen) atoms. The van der Waals surface area contributed by atoms with E-state index in [-0.39, 0.29) is 17.4 Å². The van der Waals surface area contributed by atoms with Crippen LogP contribution in [0.5, 0.6) is 0 Å². The minimum atomic E-state index is -2.22. The van der Waals surface area contributed by atoms with Gasteiger partial charge in [0.05, 0.1) is 12.3 Å². The second-order valence-corrected chi connectivity index (χ2v) is 16.7. The molecule has 0 spiro atoms. The highest BCUT2D eigenvalue weighted by Crippen LogP contribution is 2.41. The molecule has 2 rings (SSSR count). The molecular formula is C22H36ClN3O3SSi. The molecule has 9 heteroatoms. The van der Waals surface area contributed by atoms with Crippen molar-refractivity contribution in [2.75, 3.05) is 0 Å². The van der Waals surface area contributed by atoms with Gasteiger partial charge in [-0.25, -0.2) is 0 Å². The number of aromatic nitrogens is 3. The van der Waals surface area contributed by atoms with E-state index in [9.17, 15) is 4.79 Å². The summed E-state index contributed by atoms with van der Waals surface area (Å²) in [5.41, 5.74) is 0.440. The van der Waals surface area contributed by atoms with Gasteiger partial charge in [-0.2, -0.15) is 0 Å². The zero-order valence-corrected chi connectivity index (χ0v) is 23.0. The van der Waals surface area contributed by atoms with Gasteiger partial charge in [-0.05, 0) is 58.8 Å². The maximum Gasteiger partial charge on any atom is 0.309 e. The Hall–Kier alpha value is -1.22. The van der Waals surface area contributed by atoms with Crippen LogP contribution < -0.4 is 0 Å². The van der Waals surface area contributed by atoms with Gasteiger partial charge in [-0.1, -0.05) is 20.8 Å². The van der Waals surface area contributed by atoms with Gasteiger partial charge in [0.25, 0.3) is 0 Å². The number of ether oxygens (including phenoxy) is 1. The summed E-state index contributed by atoms with van der Waals surface area (Å²) in [6, 6.07) is 2.08. The third-order valence-electron chi connectivity index (χ3n) is 5.41. The van der Waals surface area contributed by atoms with Crippen molar-refractivity contribution < 1.29 is 14.0 Å². The first-order chi connectivity index (χ1) is 14.1. The van der Waals surface area contributed by atoms with Gasteiger partial charge in [0, 0.05) is 10.4 Å². The number of rotatable bonds is 7. The summed E-state index contributed by atoms with van der Waals surface area (Å²) in [5.74, 6) is 1.41. The normalized spacial score (nSPS) is 14.0. The van der Waals surface area contributed by atoms with Gasteiger partial charge in [-0.15, -0.1) is 33.1 Å². The van der Waals surface area contributed by atoms with Gasteiger partial charge in [0.2, 0.25) is 0 Å². The first-order valence-electron chi connectivity index (χ1n) is 10.5. The Morgan fingerprint density at radius 2 is 1.81 bits per heavy atom. The maximum atomic E-state index is 12.8. The van der Waals surface area contributed by atoms with Crippen molar-refractivity contribution in [3.63, 3.8) is 0 Å². The molecule has 1 atom stereocenters. The van der Waals surface area contributed by atoms with E-state index in [2.05, 4.69) is 50.1 Å². The lowest BCUT2D eigenvalue weighted by molar-refractivity contribution is -0.157. The molecule has 0 fully saturated rings. The number of esters is 1. The molecule has 0 saturated carbocycles. The number of thiophene rings is 1. The van der Waals surface area contributed by atoms with Crippen LogP contribution in [0.2, 0.25) is 18.1 Å². The van der Waals surface area contributed by atoms with Gasteiger partial charge in [0.15, 0.2) is 14.1 Å². The molecule has 0 aliphatic heterocycles. The lowest BCUT2D eigenvalue weighted by Crippen LogP contribution is -2.42. The molecule has 2 heterocycles. The molecule has 0 bridgehead atoms. The van der Waals surface area contributed by atoms with Crippen molar-refractivity contribution in [1.82, 2.24) is 14.8 Å². The third kappa shape index (κ3) is 6.40. The van der Waals surface area contributed by atoms with Crippen molar-refractivity contribution in [2.24, 2.45) is 0 Å². The Morgan fingerprint density at radius 3 is 2.32 bits per heavy atom. The van der Waals surface area contributed by atoms with Crippen molar-refractivity contribution in [1.29, 1.82) is 0 Å². The van der Waals surface area contributed by atoms with E-state index in [1.165, 1.54) is 0 Å². The number of nitrogens with zero attached hydrogens (tertiary/aromatic N) is 3. The van der Waals surface area contributed by atoms with Crippen molar-refractivity contribution in [3.05, 3.63) is 28.2 Å². The molecule has 0 saturated heterocycles. The highest BCUT2D eigenvalue weighted by atomic mass is 35.5. The molecule has 0 unspecified atom stereocenters. The second-order valence-electron chi connectivity index (χ2n) is 10.4. The quantitative estimate of drug-likeness (QED) is 0.255. The predicted octanol–water partition coefficient (Wildman–Crippen LogP) is 6.48. The fourth-order valence-corrected chi connectivity index (χ4v) is 5.55. The fourth-order valence-electron chi connectivity index (χ4n) is 2.93. The van der Waals surface area contributed by atoms with Crippen molar-refractivity contribution >= 4 is 37.2 Å². The average molecular weight is 486 g/mol. The Balaban J connectivity index is 2.55. The van der Waals surface area contributed by atoms with Gasteiger partial charge >= 0.3 is 5.97 Å². The molecule has 0 aliphatic rings. The molecule has 6 nitrogen and oxygen atoms in total. The molecule has 2 aromatic rings. The SMILES string of the molecule is Cc1cc(CCl)c(-n2c(C)nnc2[C@H](CC(=O)OC(C)(C)C)O[Si](C)(C)C(C)(C)C)s1. The van der Waals surface area contributed by atoms with Crippen LogP contribution in [-0.2, 0) is 19.8 Å². The second kappa shape index (κ2) is 9.33. The van der Waals surface area contributed by atoms with Crippen LogP contribution in [0.3, 0.4) is 0 Å². The molecule has 0 radical (unpaired) electrons. The average Bonchev–Trinajstić information content (AvgIpc) is 3.13. The van der Waals surface area contributed by atoms with Crippen LogP contribution in [-0.4, -0.2) is 34.7 Å². The van der Waals surface area contributed by atoms with E-state index in [0.29, 0.717) is 11.7 Å². The number of aryl methyl sites for hydroxylation is 2. The van der Waals surface area contributed by atoms with Crippen LogP contribution in [0.25, 0.3) is 5.00 Å².